The van der Waals surface area contributed by atoms with E-state index in [-0.39, 0.29) is 0 Å². The maximum absolute atomic E-state index is 6.00. The van der Waals surface area contributed by atoms with Crippen LogP contribution in [0.2, 0.25) is 0 Å². The van der Waals surface area contributed by atoms with E-state index in [2.05, 4.69) is 39.6 Å². The van der Waals surface area contributed by atoms with Gasteiger partial charge in [0, 0.05) is 12.1 Å². The normalized spacial score (nSPS) is 31.0. The lowest BCUT2D eigenvalue weighted by atomic mass is 9.75. The highest BCUT2D eigenvalue weighted by molar-refractivity contribution is 4.88. The van der Waals surface area contributed by atoms with Gasteiger partial charge in [0.1, 0.15) is 0 Å². The molecule has 0 saturated heterocycles. The first-order valence-electron chi connectivity index (χ1n) is 7.93. The largest absolute Gasteiger partial charge is 0.330 e. The average Bonchev–Trinajstić information content (AvgIpc) is 2.37. The van der Waals surface area contributed by atoms with E-state index in [1.807, 2.05) is 0 Å². The Balaban J connectivity index is 2.67. The molecule has 0 spiro atoms. The zero-order valence-electron chi connectivity index (χ0n) is 13.2. The third-order valence-electron chi connectivity index (χ3n) is 5.19. The fourth-order valence-electron chi connectivity index (χ4n) is 3.51. The minimum atomic E-state index is 0.657. The van der Waals surface area contributed by atoms with Crippen LogP contribution in [0.3, 0.4) is 0 Å². The highest BCUT2D eigenvalue weighted by Gasteiger charge is 2.33. The molecular formula is C16H34N2. The summed E-state index contributed by atoms with van der Waals surface area (Å²) >= 11 is 0. The minimum absolute atomic E-state index is 0.657. The summed E-state index contributed by atoms with van der Waals surface area (Å²) in [6.07, 6.45) is 6.83. The quantitative estimate of drug-likeness (QED) is 0.786. The average molecular weight is 254 g/mol. The van der Waals surface area contributed by atoms with Gasteiger partial charge in [0.25, 0.3) is 0 Å². The van der Waals surface area contributed by atoms with E-state index in [0.29, 0.717) is 18.0 Å². The third kappa shape index (κ3) is 3.96. The van der Waals surface area contributed by atoms with E-state index >= 15 is 0 Å². The van der Waals surface area contributed by atoms with Crippen LogP contribution in [-0.2, 0) is 0 Å². The van der Waals surface area contributed by atoms with Crippen molar-refractivity contribution >= 4 is 0 Å². The van der Waals surface area contributed by atoms with Gasteiger partial charge in [-0.1, -0.05) is 40.0 Å². The Labute approximate surface area is 114 Å². The summed E-state index contributed by atoms with van der Waals surface area (Å²) in [5, 5.41) is 0. The number of nitrogens with two attached hydrogens (primary N) is 1. The Bertz CT molecular complexity index is 227. The van der Waals surface area contributed by atoms with E-state index in [1.54, 1.807) is 0 Å². The first-order chi connectivity index (χ1) is 8.51. The van der Waals surface area contributed by atoms with Gasteiger partial charge in [-0.3, -0.25) is 0 Å². The van der Waals surface area contributed by atoms with Gasteiger partial charge in [-0.25, -0.2) is 0 Å². The summed E-state index contributed by atoms with van der Waals surface area (Å²) in [4.78, 5) is 2.62. The van der Waals surface area contributed by atoms with Crippen molar-refractivity contribution in [3.63, 3.8) is 0 Å². The standard InChI is InChI=1S/C16H34N2/c1-6-7-14-8-9-15(11-17)16(10-14)18(5)13(4)12(2)3/h12-16H,6-11,17H2,1-5H3. The van der Waals surface area contributed by atoms with Gasteiger partial charge < -0.3 is 10.6 Å². The van der Waals surface area contributed by atoms with Crippen molar-refractivity contribution in [2.75, 3.05) is 13.6 Å². The van der Waals surface area contributed by atoms with Crippen LogP contribution in [-0.4, -0.2) is 30.6 Å². The summed E-state index contributed by atoms with van der Waals surface area (Å²) in [5.74, 6) is 2.37. The number of hydrogen-bond donors (Lipinski definition) is 1. The maximum Gasteiger partial charge on any atom is 0.0138 e. The topological polar surface area (TPSA) is 29.3 Å². The summed E-state index contributed by atoms with van der Waals surface area (Å²) in [7, 11) is 2.31. The molecule has 1 rings (SSSR count). The molecule has 1 aliphatic carbocycles. The van der Waals surface area contributed by atoms with Crippen molar-refractivity contribution < 1.29 is 0 Å². The molecule has 108 valence electrons. The second-order valence-electron chi connectivity index (χ2n) is 6.68. The minimum Gasteiger partial charge on any atom is -0.330 e. The summed E-state index contributed by atoms with van der Waals surface area (Å²) in [6, 6.07) is 1.36. The first-order valence-corrected chi connectivity index (χ1v) is 7.93. The van der Waals surface area contributed by atoms with Crippen molar-refractivity contribution in [1.82, 2.24) is 4.90 Å². The SMILES string of the molecule is CCCC1CCC(CN)C(N(C)C(C)C(C)C)C1. The van der Waals surface area contributed by atoms with E-state index in [4.69, 9.17) is 5.73 Å². The van der Waals surface area contributed by atoms with Gasteiger partial charge in [0.15, 0.2) is 0 Å². The van der Waals surface area contributed by atoms with Gasteiger partial charge in [-0.05, 0) is 51.1 Å². The molecule has 2 nitrogen and oxygen atoms in total. The molecule has 18 heavy (non-hydrogen) atoms. The molecule has 0 aromatic heterocycles. The van der Waals surface area contributed by atoms with Gasteiger partial charge in [0.05, 0.1) is 0 Å². The molecule has 2 heteroatoms. The fraction of sp³-hybridized carbons (Fsp3) is 1.00. The predicted octanol–water partition coefficient (Wildman–Crippen LogP) is 3.51. The van der Waals surface area contributed by atoms with Crippen molar-refractivity contribution in [2.24, 2.45) is 23.5 Å². The van der Waals surface area contributed by atoms with Crippen LogP contribution in [0.5, 0.6) is 0 Å². The smallest absolute Gasteiger partial charge is 0.0138 e. The molecule has 1 saturated carbocycles. The van der Waals surface area contributed by atoms with E-state index in [9.17, 15) is 0 Å². The molecule has 0 aromatic carbocycles. The van der Waals surface area contributed by atoms with E-state index in [1.165, 1.54) is 32.1 Å². The Morgan fingerprint density at radius 2 is 1.89 bits per heavy atom. The molecular weight excluding hydrogens is 220 g/mol. The predicted molar refractivity (Wildman–Crippen MR) is 80.6 cm³/mol. The molecule has 0 aromatic rings. The second kappa shape index (κ2) is 7.49. The molecule has 0 radical (unpaired) electrons. The molecule has 1 aliphatic rings. The first kappa shape index (κ1) is 16.0. The van der Waals surface area contributed by atoms with Crippen LogP contribution in [0.1, 0.15) is 59.8 Å². The van der Waals surface area contributed by atoms with Crippen LogP contribution in [0.15, 0.2) is 0 Å². The zero-order valence-corrected chi connectivity index (χ0v) is 13.2. The molecule has 1 fully saturated rings. The Hall–Kier alpha value is -0.0800. The van der Waals surface area contributed by atoms with Crippen LogP contribution in [0.25, 0.3) is 0 Å². The maximum atomic E-state index is 6.00. The second-order valence-corrected chi connectivity index (χ2v) is 6.68. The van der Waals surface area contributed by atoms with E-state index in [0.717, 1.165) is 18.4 Å². The van der Waals surface area contributed by atoms with E-state index < -0.39 is 0 Å². The molecule has 4 atom stereocenters. The molecule has 4 unspecified atom stereocenters. The Kier molecular flexibility index (Phi) is 6.65. The molecule has 0 amide bonds. The number of rotatable bonds is 6. The Morgan fingerprint density at radius 1 is 1.22 bits per heavy atom. The fourth-order valence-corrected chi connectivity index (χ4v) is 3.51. The highest BCUT2D eigenvalue weighted by Crippen LogP contribution is 2.35. The van der Waals surface area contributed by atoms with Crippen LogP contribution >= 0.6 is 0 Å². The lowest BCUT2D eigenvalue weighted by molar-refractivity contribution is 0.0569. The van der Waals surface area contributed by atoms with Gasteiger partial charge in [-0.15, -0.1) is 0 Å². The van der Waals surface area contributed by atoms with Crippen LogP contribution in [0, 0.1) is 17.8 Å². The monoisotopic (exact) mass is 254 g/mol. The summed E-state index contributed by atoms with van der Waals surface area (Å²) in [6.45, 7) is 10.2. The lowest BCUT2D eigenvalue weighted by Crippen LogP contribution is -2.49. The third-order valence-corrected chi connectivity index (χ3v) is 5.19. The molecule has 0 heterocycles. The van der Waals surface area contributed by atoms with Crippen molar-refractivity contribution in [3.8, 4) is 0 Å². The van der Waals surface area contributed by atoms with Gasteiger partial charge in [0.2, 0.25) is 0 Å². The van der Waals surface area contributed by atoms with Crippen LogP contribution < -0.4 is 5.73 Å². The number of nitrogens with zero attached hydrogens (tertiary/aromatic N) is 1. The Morgan fingerprint density at radius 3 is 2.39 bits per heavy atom. The van der Waals surface area contributed by atoms with Crippen molar-refractivity contribution in [1.29, 1.82) is 0 Å². The summed E-state index contributed by atoms with van der Waals surface area (Å²) < 4.78 is 0. The number of hydrogen-bond acceptors (Lipinski definition) is 2. The molecule has 0 aliphatic heterocycles. The highest BCUT2D eigenvalue weighted by atomic mass is 15.2. The lowest BCUT2D eigenvalue weighted by Gasteiger charge is -2.44. The van der Waals surface area contributed by atoms with Crippen molar-refractivity contribution in [3.05, 3.63) is 0 Å². The van der Waals surface area contributed by atoms with Crippen LogP contribution in [0.4, 0.5) is 0 Å². The molecule has 2 N–H and O–H groups in total. The van der Waals surface area contributed by atoms with Crippen molar-refractivity contribution in [2.45, 2.75) is 71.9 Å². The van der Waals surface area contributed by atoms with Gasteiger partial charge >= 0.3 is 0 Å². The summed E-state index contributed by atoms with van der Waals surface area (Å²) in [5.41, 5.74) is 6.00. The van der Waals surface area contributed by atoms with Gasteiger partial charge in [-0.2, -0.15) is 0 Å². The zero-order chi connectivity index (χ0) is 13.7. The molecule has 0 bridgehead atoms.